The summed E-state index contributed by atoms with van der Waals surface area (Å²) >= 11 is 14.0. The van der Waals surface area contributed by atoms with Crippen LogP contribution >= 0.6 is 39.1 Å². The summed E-state index contributed by atoms with van der Waals surface area (Å²) in [5, 5.41) is -0.244. The van der Waals surface area contributed by atoms with Crippen LogP contribution in [0.1, 0.15) is 32.1 Å². The Morgan fingerprint density at radius 3 is 2.45 bits per heavy atom. The molecule has 0 saturated heterocycles. The Kier molecular flexibility index (Phi) is 7.87. The van der Waals surface area contributed by atoms with Crippen molar-refractivity contribution in [2.24, 2.45) is 0 Å². The van der Waals surface area contributed by atoms with Gasteiger partial charge in [-0.1, -0.05) is 28.8 Å². The Hall–Kier alpha value is 0.730. The Morgan fingerprint density at radius 2 is 2.00 bits per heavy atom. The van der Waals surface area contributed by atoms with Crippen LogP contribution in [-0.2, 0) is 4.79 Å². The largest absolute Gasteiger partial charge is 0.281 e. The molecule has 0 aromatic carbocycles. The first-order chi connectivity index (χ1) is 5.13. The van der Waals surface area contributed by atoms with Crippen molar-refractivity contribution in [2.75, 3.05) is 0 Å². The Morgan fingerprint density at radius 1 is 1.36 bits per heavy atom. The minimum Gasteiger partial charge on any atom is -0.281 e. The van der Waals surface area contributed by atoms with Crippen LogP contribution in [0, 0.1) is 0 Å². The molecule has 0 fully saturated rings. The predicted molar refractivity (Wildman–Crippen MR) is 52.5 cm³/mol. The number of alkyl halides is 2. The maximum atomic E-state index is 10.3. The summed E-state index contributed by atoms with van der Waals surface area (Å²) in [6.07, 6.45) is 4.37. The Balaban J connectivity index is 2.97. The van der Waals surface area contributed by atoms with Gasteiger partial charge in [-0.3, -0.25) is 4.79 Å². The third-order valence-corrected chi connectivity index (χ3v) is 2.16. The number of hydrogen-bond acceptors (Lipinski definition) is 1. The van der Waals surface area contributed by atoms with E-state index in [0.29, 0.717) is 6.42 Å². The van der Waals surface area contributed by atoms with Gasteiger partial charge in [-0.2, -0.15) is 0 Å². The average molecular weight is 262 g/mol. The summed E-state index contributed by atoms with van der Waals surface area (Å²) in [5.41, 5.74) is 0. The van der Waals surface area contributed by atoms with Gasteiger partial charge in [-0.25, -0.2) is 0 Å². The zero-order valence-corrected chi connectivity index (χ0v) is 9.25. The van der Waals surface area contributed by atoms with E-state index in [1.807, 2.05) is 0 Å². The molecule has 11 heavy (non-hydrogen) atoms. The third-order valence-electron chi connectivity index (χ3n) is 1.30. The fourth-order valence-corrected chi connectivity index (χ4v) is 1.35. The van der Waals surface area contributed by atoms with Crippen molar-refractivity contribution in [3.05, 3.63) is 0 Å². The molecule has 0 aliphatic heterocycles. The normalized spacial score (nSPS) is 13.0. The first kappa shape index (κ1) is 11.7. The van der Waals surface area contributed by atoms with E-state index < -0.39 is 0 Å². The molecular weight excluding hydrogens is 251 g/mol. The second-order valence-electron chi connectivity index (χ2n) is 2.35. The van der Waals surface area contributed by atoms with E-state index in [1.54, 1.807) is 0 Å². The summed E-state index contributed by atoms with van der Waals surface area (Å²) in [4.78, 5) is 10.3. The van der Waals surface area contributed by atoms with Crippen molar-refractivity contribution in [3.63, 3.8) is 0 Å². The number of unbranched alkanes of at least 4 members (excludes halogenated alkanes) is 2. The monoisotopic (exact) mass is 260 g/mol. The van der Waals surface area contributed by atoms with Crippen LogP contribution in [0.3, 0.4) is 0 Å². The van der Waals surface area contributed by atoms with Gasteiger partial charge in [0.1, 0.15) is 0 Å². The van der Waals surface area contributed by atoms with E-state index in [-0.39, 0.29) is 9.53 Å². The van der Waals surface area contributed by atoms with Crippen LogP contribution in [0.15, 0.2) is 0 Å². The Labute approximate surface area is 85.6 Å². The molecule has 0 radical (unpaired) electrons. The molecule has 0 aromatic rings. The molecule has 4 heteroatoms. The first-order valence-corrected chi connectivity index (χ1v) is 5.32. The SMILES string of the molecule is O=C(Cl)CCCCCC(Cl)Br. The van der Waals surface area contributed by atoms with E-state index in [0.717, 1.165) is 25.7 Å². The van der Waals surface area contributed by atoms with Crippen LogP contribution in [0.5, 0.6) is 0 Å². The highest BCUT2D eigenvalue weighted by molar-refractivity contribution is 9.10. The summed E-state index contributed by atoms with van der Waals surface area (Å²) < 4.78 is 0.0641. The molecule has 0 aliphatic rings. The lowest BCUT2D eigenvalue weighted by atomic mass is 10.2. The minimum absolute atomic E-state index is 0.0641. The number of hydrogen-bond donors (Lipinski definition) is 0. The molecule has 0 heterocycles. The lowest BCUT2D eigenvalue weighted by Gasteiger charge is -1.99. The van der Waals surface area contributed by atoms with E-state index in [9.17, 15) is 4.79 Å². The van der Waals surface area contributed by atoms with E-state index >= 15 is 0 Å². The lowest BCUT2D eigenvalue weighted by molar-refractivity contribution is -0.111. The average Bonchev–Trinajstić information content (AvgIpc) is 1.85. The van der Waals surface area contributed by atoms with Crippen molar-refractivity contribution in [2.45, 2.75) is 36.4 Å². The summed E-state index contributed by atoms with van der Waals surface area (Å²) in [6, 6.07) is 0. The molecule has 0 spiro atoms. The van der Waals surface area contributed by atoms with Crippen molar-refractivity contribution in [1.29, 1.82) is 0 Å². The van der Waals surface area contributed by atoms with Gasteiger partial charge in [-0.15, -0.1) is 11.6 Å². The molecule has 0 amide bonds. The molecule has 0 bridgehead atoms. The fourth-order valence-electron chi connectivity index (χ4n) is 0.739. The minimum atomic E-state index is -0.244. The molecule has 0 N–H and O–H groups in total. The van der Waals surface area contributed by atoms with Crippen LogP contribution in [0.25, 0.3) is 0 Å². The van der Waals surface area contributed by atoms with Gasteiger partial charge in [0.15, 0.2) is 0 Å². The first-order valence-electron chi connectivity index (χ1n) is 3.59. The van der Waals surface area contributed by atoms with Crippen LogP contribution in [0.2, 0.25) is 0 Å². The third kappa shape index (κ3) is 10.7. The van der Waals surface area contributed by atoms with Crippen LogP contribution < -0.4 is 0 Å². The fraction of sp³-hybridized carbons (Fsp3) is 0.857. The molecule has 0 rings (SSSR count). The predicted octanol–water partition coefficient (Wildman–Crippen LogP) is 3.66. The van der Waals surface area contributed by atoms with Gasteiger partial charge in [0.2, 0.25) is 5.24 Å². The van der Waals surface area contributed by atoms with Crippen LogP contribution in [-0.4, -0.2) is 9.53 Å². The van der Waals surface area contributed by atoms with Gasteiger partial charge in [0.05, 0.1) is 4.29 Å². The number of halogens is 3. The highest BCUT2D eigenvalue weighted by Crippen LogP contribution is 2.15. The second-order valence-corrected chi connectivity index (χ2v) is 4.93. The zero-order chi connectivity index (χ0) is 8.69. The molecule has 66 valence electrons. The van der Waals surface area contributed by atoms with Gasteiger partial charge >= 0.3 is 0 Å². The maximum Gasteiger partial charge on any atom is 0.221 e. The summed E-state index contributed by atoms with van der Waals surface area (Å²) in [6.45, 7) is 0. The summed E-state index contributed by atoms with van der Waals surface area (Å²) in [5.74, 6) is 0. The number of rotatable bonds is 6. The van der Waals surface area contributed by atoms with Crippen molar-refractivity contribution >= 4 is 44.4 Å². The maximum absolute atomic E-state index is 10.3. The molecule has 0 aliphatic carbocycles. The van der Waals surface area contributed by atoms with Crippen LogP contribution in [0.4, 0.5) is 0 Å². The topological polar surface area (TPSA) is 17.1 Å². The van der Waals surface area contributed by atoms with Gasteiger partial charge < -0.3 is 0 Å². The Bertz CT molecular complexity index is 117. The summed E-state index contributed by atoms with van der Waals surface area (Å²) in [7, 11) is 0. The van der Waals surface area contributed by atoms with Crippen molar-refractivity contribution in [3.8, 4) is 0 Å². The second kappa shape index (κ2) is 7.38. The molecular formula is C7H11BrCl2O. The smallest absolute Gasteiger partial charge is 0.221 e. The molecule has 0 saturated carbocycles. The highest BCUT2D eigenvalue weighted by atomic mass is 79.9. The molecule has 0 aromatic heterocycles. The van der Waals surface area contributed by atoms with E-state index in [2.05, 4.69) is 15.9 Å². The van der Waals surface area contributed by atoms with Gasteiger partial charge in [0, 0.05) is 6.42 Å². The molecule has 1 nitrogen and oxygen atoms in total. The zero-order valence-electron chi connectivity index (χ0n) is 6.16. The van der Waals surface area contributed by atoms with Gasteiger partial charge in [-0.05, 0) is 24.4 Å². The quantitative estimate of drug-likeness (QED) is 0.405. The standard InChI is InChI=1S/C7H11BrCl2O/c8-6(9)4-2-1-3-5-7(10)11/h6H,1-5H2. The molecule has 1 unspecified atom stereocenters. The van der Waals surface area contributed by atoms with Crippen molar-refractivity contribution in [1.82, 2.24) is 0 Å². The van der Waals surface area contributed by atoms with Gasteiger partial charge in [0.25, 0.3) is 0 Å². The lowest BCUT2D eigenvalue weighted by Crippen LogP contribution is -1.89. The highest BCUT2D eigenvalue weighted by Gasteiger charge is 1.99. The van der Waals surface area contributed by atoms with E-state index in [1.165, 1.54) is 0 Å². The number of carbonyl (C=O) groups excluding carboxylic acids is 1. The number of carbonyl (C=O) groups is 1. The molecule has 1 atom stereocenters. The van der Waals surface area contributed by atoms with Crippen molar-refractivity contribution < 1.29 is 4.79 Å². The van der Waals surface area contributed by atoms with E-state index in [4.69, 9.17) is 23.2 Å².